The normalized spacial score (nSPS) is 23.5. The molecular formula is C34H62N10O4. The van der Waals surface area contributed by atoms with Gasteiger partial charge in [-0.1, -0.05) is 0 Å². The standard InChI is InChI=1S/C34H62N10O4/c1-35-11-15-37(16-12-35)7-3-31(45)41-23-27-43(28-24-41)33(47)5-9-39-19-21-40(22-20-39)10-6-34(48)44-29-25-42(26-30-44)32(46)4-8-38-17-13-36(2)14-18-38/h3-30H2,1-2H3. The number of carbonyl (C=O) groups excluding carboxylic acids is 4. The number of hydrogen-bond donors (Lipinski definition) is 0. The SMILES string of the molecule is CN1CCN(CCC(=O)N2CCN(C(=O)CCN3CCN(CCC(=O)N4CCN(C(=O)CCN5CCN(C)CC5)CC4)CC3)CC2)CC1. The third kappa shape index (κ3) is 11.3. The minimum atomic E-state index is 0.185. The Morgan fingerprint density at radius 2 is 0.500 bits per heavy atom. The highest BCUT2D eigenvalue weighted by molar-refractivity contribution is 5.79. The van der Waals surface area contributed by atoms with Gasteiger partial charge in [-0.25, -0.2) is 0 Å². The molecular weight excluding hydrogens is 612 g/mol. The van der Waals surface area contributed by atoms with Crippen LogP contribution in [-0.2, 0) is 19.2 Å². The van der Waals surface area contributed by atoms with Gasteiger partial charge in [0.25, 0.3) is 0 Å². The fourth-order valence-corrected chi connectivity index (χ4v) is 7.44. The molecule has 0 N–H and O–H groups in total. The van der Waals surface area contributed by atoms with E-state index in [0.29, 0.717) is 78.0 Å². The van der Waals surface area contributed by atoms with Gasteiger partial charge in [0.05, 0.1) is 0 Å². The van der Waals surface area contributed by atoms with E-state index < -0.39 is 0 Å². The van der Waals surface area contributed by atoms with Crippen molar-refractivity contribution in [2.75, 3.05) is 171 Å². The predicted octanol–water partition coefficient (Wildman–Crippen LogP) is -2.00. The zero-order chi connectivity index (χ0) is 33.9. The van der Waals surface area contributed by atoms with Crippen molar-refractivity contribution in [1.29, 1.82) is 0 Å². The Balaban J connectivity index is 0.879. The lowest BCUT2D eigenvalue weighted by Gasteiger charge is -2.38. The second kappa shape index (κ2) is 18.6. The highest BCUT2D eigenvalue weighted by atomic mass is 16.2. The molecule has 0 atom stereocenters. The smallest absolute Gasteiger partial charge is 0.223 e. The number of piperazine rings is 5. The second-order valence-corrected chi connectivity index (χ2v) is 14.5. The van der Waals surface area contributed by atoms with E-state index in [-0.39, 0.29) is 23.6 Å². The first-order chi connectivity index (χ1) is 23.2. The van der Waals surface area contributed by atoms with E-state index in [4.69, 9.17) is 0 Å². The van der Waals surface area contributed by atoms with Crippen LogP contribution in [0.15, 0.2) is 0 Å². The molecule has 0 aromatic heterocycles. The molecule has 5 fully saturated rings. The monoisotopic (exact) mass is 674 g/mol. The van der Waals surface area contributed by atoms with E-state index in [0.717, 1.165) is 105 Å². The first-order valence-corrected chi connectivity index (χ1v) is 18.6. The van der Waals surface area contributed by atoms with Crippen LogP contribution >= 0.6 is 0 Å². The zero-order valence-electron chi connectivity index (χ0n) is 29.9. The summed E-state index contributed by atoms with van der Waals surface area (Å²) in [6, 6.07) is 0. The lowest BCUT2D eigenvalue weighted by Crippen LogP contribution is -2.53. The van der Waals surface area contributed by atoms with Gasteiger partial charge in [-0.2, -0.15) is 0 Å². The van der Waals surface area contributed by atoms with E-state index in [1.807, 2.05) is 19.6 Å². The fraction of sp³-hybridized carbons (Fsp3) is 0.882. The number of rotatable bonds is 12. The molecule has 0 aromatic rings. The van der Waals surface area contributed by atoms with Gasteiger partial charge in [-0.05, 0) is 14.1 Å². The highest BCUT2D eigenvalue weighted by Gasteiger charge is 2.28. The summed E-state index contributed by atoms with van der Waals surface area (Å²) in [6.45, 7) is 20.2. The van der Waals surface area contributed by atoms with Crippen LogP contribution in [-0.4, -0.2) is 244 Å². The van der Waals surface area contributed by atoms with Crippen LogP contribution in [0, 0.1) is 0 Å². The minimum absolute atomic E-state index is 0.185. The van der Waals surface area contributed by atoms with Crippen LogP contribution in [0.25, 0.3) is 0 Å². The summed E-state index contributed by atoms with van der Waals surface area (Å²) in [5.41, 5.74) is 0. The Morgan fingerprint density at radius 1 is 0.312 bits per heavy atom. The molecule has 0 aromatic carbocycles. The van der Waals surface area contributed by atoms with E-state index in [1.54, 1.807) is 0 Å². The number of hydrogen-bond acceptors (Lipinski definition) is 10. The van der Waals surface area contributed by atoms with E-state index >= 15 is 0 Å². The molecule has 4 amide bonds. The molecule has 0 radical (unpaired) electrons. The van der Waals surface area contributed by atoms with Crippen molar-refractivity contribution in [3.05, 3.63) is 0 Å². The summed E-state index contributed by atoms with van der Waals surface area (Å²) in [7, 11) is 4.28. The van der Waals surface area contributed by atoms with Crippen LogP contribution in [0.1, 0.15) is 25.7 Å². The number of nitrogens with zero attached hydrogens (tertiary/aromatic N) is 10. The lowest BCUT2D eigenvalue weighted by molar-refractivity contribution is -0.140. The minimum Gasteiger partial charge on any atom is -0.339 e. The van der Waals surface area contributed by atoms with Crippen molar-refractivity contribution in [1.82, 2.24) is 49.0 Å². The van der Waals surface area contributed by atoms with Crippen LogP contribution < -0.4 is 0 Å². The Bertz CT molecular complexity index is 959. The van der Waals surface area contributed by atoms with Gasteiger partial charge < -0.3 is 49.0 Å². The molecule has 5 rings (SSSR count). The summed E-state index contributed by atoms with van der Waals surface area (Å²) >= 11 is 0. The average molecular weight is 675 g/mol. The van der Waals surface area contributed by atoms with Crippen molar-refractivity contribution in [2.45, 2.75) is 25.7 Å². The maximum atomic E-state index is 12.9. The number of carbonyl (C=O) groups is 4. The summed E-state index contributed by atoms with van der Waals surface area (Å²) < 4.78 is 0. The first kappa shape index (κ1) is 36.9. The van der Waals surface area contributed by atoms with Crippen LogP contribution in [0.3, 0.4) is 0 Å². The number of likely N-dealkylation sites (N-methyl/N-ethyl adjacent to an activating group) is 2. The molecule has 5 heterocycles. The molecule has 0 saturated carbocycles. The van der Waals surface area contributed by atoms with Crippen molar-refractivity contribution in [3.8, 4) is 0 Å². The van der Waals surface area contributed by atoms with Gasteiger partial charge in [0.15, 0.2) is 0 Å². The predicted molar refractivity (Wildman–Crippen MR) is 186 cm³/mol. The topological polar surface area (TPSA) is 101 Å². The zero-order valence-corrected chi connectivity index (χ0v) is 29.9. The quantitative estimate of drug-likeness (QED) is 0.231. The van der Waals surface area contributed by atoms with E-state index in [1.165, 1.54) is 0 Å². The third-order valence-corrected chi connectivity index (χ3v) is 11.2. The Kier molecular flexibility index (Phi) is 14.3. The third-order valence-electron chi connectivity index (χ3n) is 11.2. The molecule has 0 bridgehead atoms. The molecule has 14 nitrogen and oxygen atoms in total. The Morgan fingerprint density at radius 3 is 0.708 bits per heavy atom. The maximum Gasteiger partial charge on any atom is 0.223 e. The summed E-state index contributed by atoms with van der Waals surface area (Å²) in [4.78, 5) is 73.2. The molecule has 272 valence electrons. The largest absolute Gasteiger partial charge is 0.339 e. The van der Waals surface area contributed by atoms with Crippen molar-refractivity contribution < 1.29 is 19.2 Å². The van der Waals surface area contributed by atoms with Gasteiger partial charge in [0.2, 0.25) is 23.6 Å². The van der Waals surface area contributed by atoms with E-state index in [9.17, 15) is 19.2 Å². The summed E-state index contributed by atoms with van der Waals surface area (Å²) in [6.07, 6.45) is 2.16. The van der Waals surface area contributed by atoms with Crippen LogP contribution in [0.2, 0.25) is 0 Å². The fourth-order valence-electron chi connectivity index (χ4n) is 7.44. The lowest BCUT2D eigenvalue weighted by atomic mass is 10.2. The van der Waals surface area contributed by atoms with Gasteiger partial charge in [-0.3, -0.25) is 19.2 Å². The molecule has 5 aliphatic rings. The first-order valence-electron chi connectivity index (χ1n) is 18.6. The van der Waals surface area contributed by atoms with Gasteiger partial charge in [-0.15, -0.1) is 0 Å². The van der Waals surface area contributed by atoms with Gasteiger partial charge in [0.1, 0.15) is 0 Å². The Hall–Kier alpha value is -2.36. The van der Waals surface area contributed by atoms with Crippen molar-refractivity contribution >= 4 is 23.6 Å². The Labute approximate surface area is 288 Å². The highest BCUT2D eigenvalue weighted by Crippen LogP contribution is 2.11. The average Bonchev–Trinajstić information content (AvgIpc) is 3.12. The molecule has 0 unspecified atom stereocenters. The molecule has 48 heavy (non-hydrogen) atoms. The van der Waals surface area contributed by atoms with Gasteiger partial charge >= 0.3 is 0 Å². The molecule has 0 spiro atoms. The molecule has 14 heteroatoms. The van der Waals surface area contributed by atoms with Crippen molar-refractivity contribution in [3.63, 3.8) is 0 Å². The van der Waals surface area contributed by atoms with E-state index in [2.05, 4.69) is 43.5 Å². The maximum absolute atomic E-state index is 12.9. The molecule has 5 aliphatic heterocycles. The van der Waals surface area contributed by atoms with Crippen molar-refractivity contribution in [2.24, 2.45) is 0 Å². The summed E-state index contributed by atoms with van der Waals surface area (Å²) in [5.74, 6) is 0.790. The van der Waals surface area contributed by atoms with Crippen LogP contribution in [0.5, 0.6) is 0 Å². The molecule has 0 aliphatic carbocycles. The molecule has 5 saturated heterocycles. The summed E-state index contributed by atoms with van der Waals surface area (Å²) in [5, 5.41) is 0. The number of amides is 4. The second-order valence-electron chi connectivity index (χ2n) is 14.5. The van der Waals surface area contributed by atoms with Crippen LogP contribution in [0.4, 0.5) is 0 Å². The van der Waals surface area contributed by atoms with Gasteiger partial charge in [0, 0.05) is 183 Å².